The molecule has 2 atom stereocenters. The van der Waals surface area contributed by atoms with Crippen molar-refractivity contribution in [1.82, 2.24) is 14.9 Å². The van der Waals surface area contributed by atoms with Crippen LogP contribution in [0.4, 0.5) is 0 Å². The zero-order chi connectivity index (χ0) is 14.7. The lowest BCUT2D eigenvalue weighted by atomic mass is 10.0. The van der Waals surface area contributed by atoms with Crippen LogP contribution in [0.25, 0.3) is 0 Å². The van der Waals surface area contributed by atoms with Gasteiger partial charge in [0.2, 0.25) is 0 Å². The summed E-state index contributed by atoms with van der Waals surface area (Å²) in [5.41, 5.74) is 0. The molecule has 5 nitrogen and oxygen atoms in total. The van der Waals surface area contributed by atoms with Crippen molar-refractivity contribution in [2.75, 3.05) is 6.61 Å². The molecule has 3 rings (SSSR count). The van der Waals surface area contributed by atoms with Gasteiger partial charge in [0.05, 0.1) is 6.54 Å². The average molecular weight is 289 g/mol. The fraction of sp³-hybridized carbons (Fsp3) is 0.562. The molecule has 0 spiro atoms. The summed E-state index contributed by atoms with van der Waals surface area (Å²) in [5.74, 6) is 3.00. The van der Waals surface area contributed by atoms with Crippen molar-refractivity contribution < 1.29 is 9.15 Å². The minimum Gasteiger partial charge on any atom is -0.465 e. The van der Waals surface area contributed by atoms with Gasteiger partial charge in [0.15, 0.2) is 0 Å². The Hall–Kier alpha value is -1.59. The van der Waals surface area contributed by atoms with Crippen molar-refractivity contribution in [3.63, 3.8) is 0 Å². The number of hydrogen-bond donors (Lipinski definition) is 1. The number of furan rings is 1. The minimum atomic E-state index is 0.0133. The van der Waals surface area contributed by atoms with Crippen LogP contribution in [0.5, 0.6) is 0 Å². The van der Waals surface area contributed by atoms with Gasteiger partial charge >= 0.3 is 0 Å². The van der Waals surface area contributed by atoms with Crippen LogP contribution in [-0.2, 0) is 24.8 Å². The summed E-state index contributed by atoms with van der Waals surface area (Å²) in [7, 11) is 2.01. The Labute approximate surface area is 125 Å². The van der Waals surface area contributed by atoms with E-state index in [0.717, 1.165) is 49.8 Å². The quantitative estimate of drug-likeness (QED) is 0.919. The Balaban J connectivity index is 1.66. The summed E-state index contributed by atoms with van der Waals surface area (Å²) in [4.78, 5) is 4.44. The van der Waals surface area contributed by atoms with Crippen molar-refractivity contribution in [2.24, 2.45) is 7.05 Å². The highest BCUT2D eigenvalue weighted by Gasteiger charge is 2.30. The molecular formula is C16H23N3O2. The second-order valence-corrected chi connectivity index (χ2v) is 5.54. The molecule has 1 aliphatic rings. The van der Waals surface area contributed by atoms with E-state index in [4.69, 9.17) is 9.15 Å². The molecule has 114 valence electrons. The van der Waals surface area contributed by atoms with E-state index < -0.39 is 0 Å². The molecular weight excluding hydrogens is 266 g/mol. The molecule has 0 amide bonds. The maximum atomic E-state index is 5.95. The van der Waals surface area contributed by atoms with E-state index in [1.165, 1.54) is 0 Å². The molecule has 2 aromatic heterocycles. The summed E-state index contributed by atoms with van der Waals surface area (Å²) in [5, 5.41) is 3.57. The fourth-order valence-corrected chi connectivity index (χ4v) is 2.83. The van der Waals surface area contributed by atoms with Gasteiger partial charge in [-0.15, -0.1) is 0 Å². The largest absolute Gasteiger partial charge is 0.465 e. The first-order valence-corrected chi connectivity index (χ1v) is 7.67. The predicted molar refractivity (Wildman–Crippen MR) is 79.8 cm³/mol. The van der Waals surface area contributed by atoms with Crippen LogP contribution in [-0.4, -0.2) is 22.2 Å². The number of imidazole rings is 1. The van der Waals surface area contributed by atoms with E-state index in [2.05, 4.69) is 17.2 Å². The van der Waals surface area contributed by atoms with Gasteiger partial charge in [0.1, 0.15) is 23.4 Å². The first-order chi connectivity index (χ1) is 10.3. The third kappa shape index (κ3) is 3.19. The number of rotatable bonds is 5. The Morgan fingerprint density at radius 1 is 1.38 bits per heavy atom. The van der Waals surface area contributed by atoms with E-state index in [9.17, 15) is 0 Å². The number of ether oxygens (including phenoxy) is 1. The van der Waals surface area contributed by atoms with Gasteiger partial charge in [0, 0.05) is 38.5 Å². The SMILES string of the molecule is CCc1ccc(CN[C@H]2CCCO[C@@H]2c2nccn2C)o1. The maximum absolute atomic E-state index is 5.95. The first kappa shape index (κ1) is 14.4. The van der Waals surface area contributed by atoms with E-state index in [-0.39, 0.29) is 12.1 Å². The second-order valence-electron chi connectivity index (χ2n) is 5.54. The molecule has 1 N–H and O–H groups in total. The lowest BCUT2D eigenvalue weighted by Gasteiger charge is -2.31. The Bertz CT molecular complexity index is 576. The smallest absolute Gasteiger partial charge is 0.139 e. The Kier molecular flexibility index (Phi) is 4.41. The molecule has 1 saturated heterocycles. The Morgan fingerprint density at radius 2 is 2.24 bits per heavy atom. The molecule has 21 heavy (non-hydrogen) atoms. The van der Waals surface area contributed by atoms with E-state index >= 15 is 0 Å². The number of aromatic nitrogens is 2. The van der Waals surface area contributed by atoms with Gasteiger partial charge in [-0.3, -0.25) is 0 Å². The molecule has 0 bridgehead atoms. The van der Waals surface area contributed by atoms with Gasteiger partial charge < -0.3 is 19.0 Å². The monoisotopic (exact) mass is 289 g/mol. The lowest BCUT2D eigenvalue weighted by molar-refractivity contribution is -0.0182. The average Bonchev–Trinajstić information content (AvgIpc) is 3.14. The van der Waals surface area contributed by atoms with Gasteiger partial charge in [-0.2, -0.15) is 0 Å². The molecule has 0 unspecified atom stereocenters. The van der Waals surface area contributed by atoms with Crippen LogP contribution in [0.1, 0.15) is 43.2 Å². The first-order valence-electron chi connectivity index (χ1n) is 7.67. The third-order valence-electron chi connectivity index (χ3n) is 4.04. The van der Waals surface area contributed by atoms with Crippen molar-refractivity contribution in [1.29, 1.82) is 0 Å². The molecule has 1 aliphatic heterocycles. The van der Waals surface area contributed by atoms with E-state index in [1.807, 2.05) is 36.1 Å². The normalized spacial score (nSPS) is 22.6. The van der Waals surface area contributed by atoms with Crippen LogP contribution >= 0.6 is 0 Å². The zero-order valence-electron chi connectivity index (χ0n) is 12.7. The highest BCUT2D eigenvalue weighted by Crippen LogP contribution is 2.27. The third-order valence-corrected chi connectivity index (χ3v) is 4.04. The summed E-state index contributed by atoms with van der Waals surface area (Å²) in [6.07, 6.45) is 6.91. The molecule has 0 aromatic carbocycles. The van der Waals surface area contributed by atoms with Gasteiger partial charge in [-0.25, -0.2) is 4.98 Å². The van der Waals surface area contributed by atoms with Crippen LogP contribution in [0.3, 0.4) is 0 Å². The van der Waals surface area contributed by atoms with Gasteiger partial charge in [0.25, 0.3) is 0 Å². The molecule has 0 aliphatic carbocycles. The van der Waals surface area contributed by atoms with Crippen molar-refractivity contribution in [3.8, 4) is 0 Å². The topological polar surface area (TPSA) is 52.2 Å². The van der Waals surface area contributed by atoms with Crippen LogP contribution in [0.15, 0.2) is 28.9 Å². The van der Waals surface area contributed by atoms with Crippen LogP contribution in [0.2, 0.25) is 0 Å². The standard InChI is InChI=1S/C16H23N3O2/c1-3-12-6-7-13(21-12)11-18-14-5-4-10-20-15(14)16-17-8-9-19(16)2/h6-9,14-15,18H,3-5,10-11H2,1-2H3/t14-,15-/m0/s1. The van der Waals surface area contributed by atoms with Crippen molar-refractivity contribution in [3.05, 3.63) is 41.9 Å². The molecule has 2 aromatic rings. The molecule has 3 heterocycles. The number of nitrogens with zero attached hydrogens (tertiary/aromatic N) is 2. The number of nitrogens with one attached hydrogen (secondary N) is 1. The lowest BCUT2D eigenvalue weighted by Crippen LogP contribution is -2.40. The van der Waals surface area contributed by atoms with Crippen LogP contribution in [0, 0.1) is 0 Å². The summed E-state index contributed by atoms with van der Waals surface area (Å²) in [6.45, 7) is 3.63. The second kappa shape index (κ2) is 6.45. The molecule has 0 saturated carbocycles. The maximum Gasteiger partial charge on any atom is 0.139 e. The molecule has 5 heteroatoms. The van der Waals surface area contributed by atoms with Crippen molar-refractivity contribution in [2.45, 2.75) is 44.9 Å². The highest BCUT2D eigenvalue weighted by molar-refractivity contribution is 5.08. The molecule has 1 fully saturated rings. The van der Waals surface area contributed by atoms with Gasteiger partial charge in [-0.05, 0) is 25.0 Å². The van der Waals surface area contributed by atoms with Gasteiger partial charge in [-0.1, -0.05) is 6.92 Å². The zero-order valence-corrected chi connectivity index (χ0v) is 12.7. The highest BCUT2D eigenvalue weighted by atomic mass is 16.5. The minimum absolute atomic E-state index is 0.0133. The van der Waals surface area contributed by atoms with E-state index in [0.29, 0.717) is 0 Å². The van der Waals surface area contributed by atoms with E-state index in [1.54, 1.807) is 0 Å². The number of hydrogen-bond acceptors (Lipinski definition) is 4. The fourth-order valence-electron chi connectivity index (χ4n) is 2.83. The van der Waals surface area contributed by atoms with Crippen LogP contribution < -0.4 is 5.32 Å². The Morgan fingerprint density at radius 3 is 2.95 bits per heavy atom. The summed E-state index contributed by atoms with van der Waals surface area (Å²) < 4.78 is 13.7. The summed E-state index contributed by atoms with van der Waals surface area (Å²) in [6, 6.07) is 4.37. The molecule has 0 radical (unpaired) electrons. The number of aryl methyl sites for hydroxylation is 2. The summed E-state index contributed by atoms with van der Waals surface area (Å²) >= 11 is 0. The van der Waals surface area contributed by atoms with Crippen molar-refractivity contribution >= 4 is 0 Å². The predicted octanol–water partition coefficient (Wildman–Crippen LogP) is 2.59.